The Morgan fingerprint density at radius 3 is 0.837 bits per heavy atom. The molecule has 0 aromatic carbocycles. The quantitative estimate of drug-likeness (QED) is 0.0519. The summed E-state index contributed by atoms with van der Waals surface area (Å²) in [7, 11) is 1.51. The maximum Gasteiger partial charge on any atom is 0.306 e. The molecule has 0 amide bonds. The van der Waals surface area contributed by atoms with E-state index in [0.717, 1.165) is 19.6 Å². The topological polar surface area (TPSA) is 29.5 Å². The Balaban J connectivity index is 3.63. The Labute approximate surface area is 272 Å². The van der Waals surface area contributed by atoms with Crippen molar-refractivity contribution in [1.82, 2.24) is 4.90 Å². The van der Waals surface area contributed by atoms with Crippen LogP contribution in [0, 0.1) is 0 Å². The molecular weight excluding hydrogens is 526 g/mol. The number of ether oxygens (including phenoxy) is 1. The highest BCUT2D eigenvalue weighted by Gasteiger charge is 2.08. The summed E-state index contributed by atoms with van der Waals surface area (Å²) in [6.45, 7) is 7.76. The second-order valence-electron chi connectivity index (χ2n) is 13.8. The Hall–Kier alpha value is -0.570. The Morgan fingerprint density at radius 2 is 0.605 bits per heavy atom. The van der Waals surface area contributed by atoms with Crippen molar-refractivity contribution >= 4 is 5.97 Å². The molecule has 0 aromatic heterocycles. The van der Waals surface area contributed by atoms with Crippen LogP contribution >= 0.6 is 0 Å². The van der Waals surface area contributed by atoms with E-state index in [0.29, 0.717) is 6.42 Å². The predicted molar refractivity (Wildman–Crippen MR) is 192 cm³/mol. The monoisotopic (exact) mass is 608 g/mol. The molecule has 0 radical (unpaired) electrons. The third-order valence-electron chi connectivity index (χ3n) is 9.52. The zero-order valence-electron chi connectivity index (χ0n) is 30.2. The van der Waals surface area contributed by atoms with Gasteiger partial charge in [-0.15, -0.1) is 0 Å². The van der Waals surface area contributed by atoms with Crippen molar-refractivity contribution in [1.29, 1.82) is 0 Å². The van der Waals surface area contributed by atoms with Gasteiger partial charge in [0.05, 0.1) is 13.5 Å². The summed E-state index contributed by atoms with van der Waals surface area (Å²) in [5.41, 5.74) is 0. The molecule has 43 heavy (non-hydrogen) atoms. The Morgan fingerprint density at radius 1 is 0.372 bits per heavy atom. The van der Waals surface area contributed by atoms with E-state index in [-0.39, 0.29) is 5.97 Å². The van der Waals surface area contributed by atoms with Gasteiger partial charge in [-0.25, -0.2) is 0 Å². The van der Waals surface area contributed by atoms with Gasteiger partial charge in [0.25, 0.3) is 0 Å². The predicted octanol–water partition coefficient (Wildman–Crippen LogP) is 13.4. The third kappa shape index (κ3) is 35.8. The highest BCUT2D eigenvalue weighted by atomic mass is 16.5. The Kier molecular flexibility index (Phi) is 37.1. The molecule has 258 valence electrons. The van der Waals surface area contributed by atoms with Gasteiger partial charge >= 0.3 is 5.97 Å². The number of unbranched alkanes of at least 4 members (excludes halogenated alkanes) is 30. The molecule has 3 heteroatoms. The van der Waals surface area contributed by atoms with E-state index in [4.69, 9.17) is 4.74 Å². The summed E-state index contributed by atoms with van der Waals surface area (Å²) in [4.78, 5) is 14.2. The number of nitrogens with zero attached hydrogens (tertiary/aromatic N) is 1. The second-order valence-corrected chi connectivity index (χ2v) is 13.8. The van der Waals surface area contributed by atoms with Crippen LogP contribution < -0.4 is 0 Å². The van der Waals surface area contributed by atoms with Crippen molar-refractivity contribution < 1.29 is 9.53 Å². The lowest BCUT2D eigenvalue weighted by Crippen LogP contribution is -2.29. The van der Waals surface area contributed by atoms with Gasteiger partial charge in [0.15, 0.2) is 0 Å². The van der Waals surface area contributed by atoms with Gasteiger partial charge in [0.1, 0.15) is 0 Å². The van der Waals surface area contributed by atoms with Gasteiger partial charge in [-0.1, -0.05) is 206 Å². The molecule has 0 N–H and O–H groups in total. The first-order valence-electron chi connectivity index (χ1n) is 20.0. The molecule has 0 bridgehead atoms. The van der Waals surface area contributed by atoms with Gasteiger partial charge in [-0.3, -0.25) is 4.79 Å². The van der Waals surface area contributed by atoms with Crippen molar-refractivity contribution in [2.45, 2.75) is 226 Å². The van der Waals surface area contributed by atoms with Crippen molar-refractivity contribution in [3.8, 4) is 0 Å². The number of rotatable bonds is 37. The lowest BCUT2D eigenvalue weighted by molar-refractivity contribution is -0.141. The van der Waals surface area contributed by atoms with E-state index < -0.39 is 0 Å². The van der Waals surface area contributed by atoms with E-state index in [9.17, 15) is 4.79 Å². The summed E-state index contributed by atoms with van der Waals surface area (Å²) in [6.07, 6.45) is 45.8. The van der Waals surface area contributed by atoms with Crippen molar-refractivity contribution in [2.75, 3.05) is 26.7 Å². The van der Waals surface area contributed by atoms with Crippen LogP contribution in [0.4, 0.5) is 0 Å². The average molecular weight is 608 g/mol. The maximum absolute atomic E-state index is 11.7. The molecule has 0 heterocycles. The first-order valence-corrected chi connectivity index (χ1v) is 20.0. The fourth-order valence-corrected chi connectivity index (χ4v) is 6.45. The van der Waals surface area contributed by atoms with Gasteiger partial charge in [-0.2, -0.15) is 0 Å². The van der Waals surface area contributed by atoms with Crippen LogP contribution in [0.2, 0.25) is 0 Å². The van der Waals surface area contributed by atoms with Crippen LogP contribution in [-0.2, 0) is 9.53 Å². The number of esters is 1. The van der Waals surface area contributed by atoms with Crippen LogP contribution in [0.25, 0.3) is 0 Å². The molecular formula is C40H81NO2. The van der Waals surface area contributed by atoms with Crippen molar-refractivity contribution in [3.63, 3.8) is 0 Å². The molecule has 0 aliphatic rings. The standard InChI is InChI=1S/C40H81NO2/c1-4-6-8-10-12-14-16-18-20-22-24-26-28-30-32-34-37-41(39-36-40(42)43-3)38-35-33-31-29-27-25-23-21-19-17-15-13-11-9-7-5-2/h4-39H2,1-3H3. The number of carbonyl (C=O) groups is 1. The smallest absolute Gasteiger partial charge is 0.306 e. The third-order valence-corrected chi connectivity index (χ3v) is 9.52. The number of carbonyl (C=O) groups excluding carboxylic acids is 1. The highest BCUT2D eigenvalue weighted by molar-refractivity contribution is 5.69. The number of hydrogen-bond acceptors (Lipinski definition) is 3. The van der Waals surface area contributed by atoms with E-state index in [1.807, 2.05) is 0 Å². The summed E-state index contributed by atoms with van der Waals surface area (Å²) < 4.78 is 4.90. The fourth-order valence-electron chi connectivity index (χ4n) is 6.45. The molecule has 0 rings (SSSR count). The summed E-state index contributed by atoms with van der Waals surface area (Å²) in [5, 5.41) is 0. The van der Waals surface area contributed by atoms with Gasteiger partial charge < -0.3 is 9.64 Å². The first kappa shape index (κ1) is 42.4. The van der Waals surface area contributed by atoms with E-state index >= 15 is 0 Å². The van der Waals surface area contributed by atoms with Crippen molar-refractivity contribution in [2.24, 2.45) is 0 Å². The molecule has 0 unspecified atom stereocenters. The molecule has 0 atom stereocenters. The largest absolute Gasteiger partial charge is 0.469 e. The lowest BCUT2D eigenvalue weighted by atomic mass is 10.0. The minimum atomic E-state index is -0.0658. The zero-order valence-corrected chi connectivity index (χ0v) is 30.2. The highest BCUT2D eigenvalue weighted by Crippen LogP contribution is 2.16. The molecule has 0 spiro atoms. The summed E-state index contributed by atoms with van der Waals surface area (Å²) >= 11 is 0. The van der Waals surface area contributed by atoms with Crippen LogP contribution in [0.5, 0.6) is 0 Å². The molecule has 0 saturated heterocycles. The van der Waals surface area contributed by atoms with E-state index in [2.05, 4.69) is 18.7 Å². The maximum atomic E-state index is 11.7. The average Bonchev–Trinajstić information content (AvgIpc) is 3.02. The molecule has 0 aliphatic heterocycles. The second kappa shape index (κ2) is 37.6. The fraction of sp³-hybridized carbons (Fsp3) is 0.975. The van der Waals surface area contributed by atoms with E-state index in [1.54, 1.807) is 0 Å². The van der Waals surface area contributed by atoms with Gasteiger partial charge in [0, 0.05) is 6.54 Å². The lowest BCUT2D eigenvalue weighted by Gasteiger charge is -2.22. The van der Waals surface area contributed by atoms with Crippen LogP contribution in [0.15, 0.2) is 0 Å². The molecule has 0 saturated carbocycles. The van der Waals surface area contributed by atoms with Gasteiger partial charge in [-0.05, 0) is 25.9 Å². The van der Waals surface area contributed by atoms with Crippen LogP contribution in [-0.4, -0.2) is 37.6 Å². The molecule has 3 nitrogen and oxygen atoms in total. The van der Waals surface area contributed by atoms with Crippen LogP contribution in [0.3, 0.4) is 0 Å². The summed E-state index contributed by atoms with van der Waals surface area (Å²) in [6, 6.07) is 0. The zero-order chi connectivity index (χ0) is 31.3. The van der Waals surface area contributed by atoms with E-state index in [1.165, 1.54) is 213 Å². The SMILES string of the molecule is CCCCCCCCCCCCCCCCCCN(CCCCCCCCCCCCCCCCCC)CCC(=O)OC. The summed E-state index contributed by atoms with van der Waals surface area (Å²) in [5.74, 6) is -0.0658. The van der Waals surface area contributed by atoms with Crippen LogP contribution in [0.1, 0.15) is 226 Å². The number of methoxy groups -OCH3 is 1. The molecule has 0 aliphatic carbocycles. The first-order chi connectivity index (χ1) is 21.2. The molecule has 0 aromatic rings. The Bertz CT molecular complexity index is 487. The van der Waals surface area contributed by atoms with Crippen molar-refractivity contribution in [3.05, 3.63) is 0 Å². The normalized spacial score (nSPS) is 11.5. The van der Waals surface area contributed by atoms with Gasteiger partial charge in [0.2, 0.25) is 0 Å². The minimum Gasteiger partial charge on any atom is -0.469 e. The molecule has 0 fully saturated rings. The number of hydrogen-bond donors (Lipinski definition) is 0. The minimum absolute atomic E-state index is 0.0658.